The van der Waals surface area contributed by atoms with E-state index in [9.17, 15) is 0 Å². The Bertz CT molecular complexity index is 285. The van der Waals surface area contributed by atoms with Crippen molar-refractivity contribution < 1.29 is 0 Å². The molecule has 0 aliphatic heterocycles. The standard InChI is InChI=1S/C11H21ClN4/c1-10(2)7-5-3-4-6-8-16-11(9-12)13-14-15-16/h10H,3-9H2,1-2H3. The largest absolute Gasteiger partial charge is 0.228 e. The minimum absolute atomic E-state index is 0.389. The molecular formula is C11H21ClN4. The lowest BCUT2D eigenvalue weighted by atomic mass is 10.0. The summed E-state index contributed by atoms with van der Waals surface area (Å²) in [6.45, 7) is 5.43. The van der Waals surface area contributed by atoms with Crippen molar-refractivity contribution in [2.75, 3.05) is 0 Å². The van der Waals surface area contributed by atoms with Crippen molar-refractivity contribution >= 4 is 11.6 Å². The number of halogens is 1. The number of nitrogens with zero attached hydrogens (tertiary/aromatic N) is 4. The minimum atomic E-state index is 0.389. The fraction of sp³-hybridized carbons (Fsp3) is 0.909. The van der Waals surface area contributed by atoms with E-state index in [4.69, 9.17) is 11.6 Å². The van der Waals surface area contributed by atoms with Gasteiger partial charge in [-0.25, -0.2) is 4.68 Å². The normalized spacial score (nSPS) is 11.2. The molecule has 0 aromatic carbocycles. The van der Waals surface area contributed by atoms with Gasteiger partial charge in [0.05, 0.1) is 5.88 Å². The molecule has 92 valence electrons. The maximum atomic E-state index is 5.71. The Labute approximate surface area is 102 Å². The predicted molar refractivity (Wildman–Crippen MR) is 65.3 cm³/mol. The summed E-state index contributed by atoms with van der Waals surface area (Å²) in [7, 11) is 0. The molecule has 1 heterocycles. The average Bonchev–Trinajstić information content (AvgIpc) is 2.70. The number of unbranched alkanes of at least 4 members (excludes halogenated alkanes) is 3. The number of hydrogen-bond donors (Lipinski definition) is 0. The highest BCUT2D eigenvalue weighted by atomic mass is 35.5. The first kappa shape index (κ1) is 13.4. The highest BCUT2D eigenvalue weighted by Gasteiger charge is 2.03. The van der Waals surface area contributed by atoms with Crippen LogP contribution in [0.5, 0.6) is 0 Å². The molecule has 0 radical (unpaired) electrons. The van der Waals surface area contributed by atoms with Crippen LogP contribution in [0.25, 0.3) is 0 Å². The van der Waals surface area contributed by atoms with Crippen LogP contribution in [0.3, 0.4) is 0 Å². The average molecular weight is 245 g/mol. The molecule has 4 nitrogen and oxygen atoms in total. The summed E-state index contributed by atoms with van der Waals surface area (Å²) in [6, 6.07) is 0. The monoisotopic (exact) mass is 244 g/mol. The number of aryl methyl sites for hydroxylation is 1. The Morgan fingerprint density at radius 1 is 1.19 bits per heavy atom. The summed E-state index contributed by atoms with van der Waals surface area (Å²) in [5, 5.41) is 11.4. The second-order valence-corrected chi connectivity index (χ2v) is 4.82. The van der Waals surface area contributed by atoms with Crippen LogP contribution in [0.1, 0.15) is 51.8 Å². The third-order valence-electron chi connectivity index (χ3n) is 2.63. The van der Waals surface area contributed by atoms with Crippen molar-refractivity contribution in [2.45, 2.75) is 58.4 Å². The summed E-state index contributed by atoms with van der Waals surface area (Å²) in [5.74, 6) is 1.98. The molecule has 1 aromatic rings. The molecule has 0 atom stereocenters. The molecule has 0 saturated heterocycles. The van der Waals surface area contributed by atoms with Crippen LogP contribution in [0, 0.1) is 5.92 Å². The van der Waals surface area contributed by atoms with Crippen LogP contribution >= 0.6 is 11.6 Å². The molecule has 0 aliphatic carbocycles. The van der Waals surface area contributed by atoms with Crippen LogP contribution in [0.4, 0.5) is 0 Å². The highest BCUT2D eigenvalue weighted by molar-refractivity contribution is 6.16. The molecule has 0 fully saturated rings. The van der Waals surface area contributed by atoms with Gasteiger partial charge in [-0.3, -0.25) is 0 Å². The van der Waals surface area contributed by atoms with Crippen LogP contribution in [0.15, 0.2) is 0 Å². The predicted octanol–water partition coefficient (Wildman–Crippen LogP) is 3.02. The molecule has 0 spiro atoms. The molecule has 0 N–H and O–H groups in total. The molecule has 16 heavy (non-hydrogen) atoms. The molecule has 0 saturated carbocycles. The maximum Gasteiger partial charge on any atom is 0.165 e. The lowest BCUT2D eigenvalue weighted by Crippen LogP contribution is -2.04. The number of hydrogen-bond acceptors (Lipinski definition) is 3. The number of rotatable bonds is 8. The zero-order chi connectivity index (χ0) is 11.8. The van der Waals surface area contributed by atoms with Gasteiger partial charge in [-0.15, -0.1) is 16.7 Å². The zero-order valence-electron chi connectivity index (χ0n) is 10.2. The SMILES string of the molecule is CC(C)CCCCCCn1nnnc1CCl. The first-order valence-electron chi connectivity index (χ1n) is 6.05. The van der Waals surface area contributed by atoms with Gasteiger partial charge in [0.2, 0.25) is 0 Å². The maximum absolute atomic E-state index is 5.71. The Kier molecular flexibility index (Phi) is 6.38. The summed E-state index contributed by atoms with van der Waals surface area (Å²) in [6.07, 6.45) is 6.34. The quantitative estimate of drug-likeness (QED) is 0.522. The molecule has 0 bridgehead atoms. The van der Waals surface area contributed by atoms with E-state index in [1.54, 1.807) is 4.68 Å². The van der Waals surface area contributed by atoms with Gasteiger partial charge in [-0.2, -0.15) is 0 Å². The van der Waals surface area contributed by atoms with Crippen LogP contribution < -0.4 is 0 Å². The molecule has 0 unspecified atom stereocenters. The number of alkyl halides is 1. The lowest BCUT2D eigenvalue weighted by Gasteiger charge is -2.04. The van der Waals surface area contributed by atoms with E-state index in [0.29, 0.717) is 5.88 Å². The molecular weight excluding hydrogens is 224 g/mol. The zero-order valence-corrected chi connectivity index (χ0v) is 10.9. The van der Waals surface area contributed by atoms with E-state index in [1.165, 1.54) is 25.7 Å². The van der Waals surface area contributed by atoms with Gasteiger partial charge < -0.3 is 0 Å². The van der Waals surface area contributed by atoms with Gasteiger partial charge in [-0.1, -0.05) is 39.5 Å². The lowest BCUT2D eigenvalue weighted by molar-refractivity contribution is 0.484. The summed E-state index contributed by atoms with van der Waals surface area (Å²) < 4.78 is 1.80. The van der Waals surface area contributed by atoms with Crippen LogP contribution in [-0.4, -0.2) is 20.2 Å². The van der Waals surface area contributed by atoms with E-state index in [2.05, 4.69) is 29.4 Å². The Morgan fingerprint density at radius 3 is 2.62 bits per heavy atom. The van der Waals surface area contributed by atoms with E-state index in [-0.39, 0.29) is 0 Å². The third-order valence-corrected chi connectivity index (χ3v) is 2.87. The van der Waals surface area contributed by atoms with Crippen molar-refractivity contribution in [1.82, 2.24) is 20.2 Å². The van der Waals surface area contributed by atoms with E-state index in [1.807, 2.05) is 0 Å². The number of tetrazole rings is 1. The van der Waals surface area contributed by atoms with Crippen molar-refractivity contribution in [3.8, 4) is 0 Å². The van der Waals surface area contributed by atoms with Crippen molar-refractivity contribution in [3.05, 3.63) is 5.82 Å². The molecule has 0 amide bonds. The van der Waals surface area contributed by atoms with Gasteiger partial charge >= 0.3 is 0 Å². The van der Waals surface area contributed by atoms with Gasteiger partial charge in [-0.05, 0) is 22.8 Å². The third kappa shape index (κ3) is 4.92. The summed E-state index contributed by atoms with van der Waals surface area (Å²) in [5.41, 5.74) is 0. The van der Waals surface area contributed by atoms with E-state index in [0.717, 1.165) is 24.7 Å². The van der Waals surface area contributed by atoms with Crippen molar-refractivity contribution in [1.29, 1.82) is 0 Å². The molecule has 1 aromatic heterocycles. The smallest absolute Gasteiger partial charge is 0.165 e. The highest BCUT2D eigenvalue weighted by Crippen LogP contribution is 2.10. The topological polar surface area (TPSA) is 43.6 Å². The first-order chi connectivity index (χ1) is 7.74. The fourth-order valence-corrected chi connectivity index (χ4v) is 1.85. The Balaban J connectivity index is 2.07. The van der Waals surface area contributed by atoms with E-state index >= 15 is 0 Å². The summed E-state index contributed by atoms with van der Waals surface area (Å²) in [4.78, 5) is 0. The minimum Gasteiger partial charge on any atom is -0.228 e. The van der Waals surface area contributed by atoms with Crippen molar-refractivity contribution in [2.24, 2.45) is 5.92 Å². The Morgan fingerprint density at radius 2 is 1.94 bits per heavy atom. The van der Waals surface area contributed by atoms with Crippen LogP contribution in [0.2, 0.25) is 0 Å². The van der Waals surface area contributed by atoms with E-state index < -0.39 is 0 Å². The van der Waals surface area contributed by atoms with Crippen molar-refractivity contribution in [3.63, 3.8) is 0 Å². The molecule has 0 aliphatic rings. The fourth-order valence-electron chi connectivity index (χ4n) is 1.66. The second kappa shape index (κ2) is 7.60. The Hall–Kier alpha value is -0.640. The van der Waals surface area contributed by atoms with Gasteiger partial charge in [0.15, 0.2) is 5.82 Å². The van der Waals surface area contributed by atoms with Gasteiger partial charge in [0, 0.05) is 6.54 Å². The molecule has 1 rings (SSSR count). The van der Waals surface area contributed by atoms with Gasteiger partial charge in [0.1, 0.15) is 0 Å². The first-order valence-corrected chi connectivity index (χ1v) is 6.58. The summed E-state index contributed by atoms with van der Waals surface area (Å²) >= 11 is 5.71. The van der Waals surface area contributed by atoms with Crippen LogP contribution in [-0.2, 0) is 12.4 Å². The number of aromatic nitrogens is 4. The second-order valence-electron chi connectivity index (χ2n) is 4.55. The van der Waals surface area contributed by atoms with Gasteiger partial charge in [0.25, 0.3) is 0 Å². The molecule has 5 heteroatoms.